The van der Waals surface area contributed by atoms with E-state index in [-0.39, 0.29) is 0 Å². The number of H-pyrrole nitrogens is 1. The summed E-state index contributed by atoms with van der Waals surface area (Å²) in [6.45, 7) is 10.3. The number of aliphatic hydroxyl groups is 1. The van der Waals surface area contributed by atoms with Crippen LogP contribution in [0.3, 0.4) is 0 Å². The Labute approximate surface area is 178 Å². The zero-order chi connectivity index (χ0) is 21.8. The summed E-state index contributed by atoms with van der Waals surface area (Å²) in [4.78, 5) is 28.8. The summed E-state index contributed by atoms with van der Waals surface area (Å²) in [5.74, 6) is -0.910. The summed E-state index contributed by atoms with van der Waals surface area (Å²) in [6.07, 6.45) is 4.08. The summed E-state index contributed by atoms with van der Waals surface area (Å²) in [5.41, 5.74) is 7.71. The second-order valence-corrected chi connectivity index (χ2v) is 9.97. The fourth-order valence-corrected chi connectivity index (χ4v) is 5.09. The van der Waals surface area contributed by atoms with Gasteiger partial charge in [0.15, 0.2) is 0 Å². The van der Waals surface area contributed by atoms with Gasteiger partial charge in [0.25, 0.3) is 0 Å². The fraction of sp³-hybridized carbons (Fsp3) is 0.462. The minimum absolute atomic E-state index is 0.347. The van der Waals surface area contributed by atoms with E-state index in [0.717, 1.165) is 35.7 Å². The van der Waals surface area contributed by atoms with Crippen LogP contribution in [-0.4, -0.2) is 27.8 Å². The molecule has 0 spiro atoms. The van der Waals surface area contributed by atoms with E-state index in [1.165, 1.54) is 23.1 Å². The van der Waals surface area contributed by atoms with Gasteiger partial charge in [0.1, 0.15) is 0 Å². The summed E-state index contributed by atoms with van der Waals surface area (Å²) in [5, 5.41) is 10.7. The van der Waals surface area contributed by atoms with Crippen LogP contribution in [0, 0.1) is 5.41 Å². The van der Waals surface area contributed by atoms with Crippen molar-refractivity contribution in [3.8, 4) is 0 Å². The number of benzene rings is 1. The molecule has 30 heavy (non-hydrogen) atoms. The van der Waals surface area contributed by atoms with Crippen molar-refractivity contribution >= 4 is 28.0 Å². The third-order valence-electron chi connectivity index (χ3n) is 6.76. The van der Waals surface area contributed by atoms with Gasteiger partial charge < -0.3 is 10.1 Å². The zero-order valence-corrected chi connectivity index (χ0v) is 18.6. The normalized spacial score (nSPS) is 20.2. The number of rotatable bonds is 4. The van der Waals surface area contributed by atoms with E-state index in [0.29, 0.717) is 28.7 Å². The van der Waals surface area contributed by atoms with Crippen LogP contribution in [0.4, 0.5) is 0 Å². The zero-order valence-electron chi connectivity index (χ0n) is 18.6. The van der Waals surface area contributed by atoms with Crippen molar-refractivity contribution in [3.05, 3.63) is 51.7 Å². The highest BCUT2D eigenvalue weighted by Gasteiger charge is 2.34. The number of aliphatic hydroxyl groups excluding tert-OH is 1. The van der Waals surface area contributed by atoms with Gasteiger partial charge in [-0.15, -0.1) is 0 Å². The smallest absolute Gasteiger partial charge is 0.235 e. The Morgan fingerprint density at radius 1 is 1.17 bits per heavy atom. The van der Waals surface area contributed by atoms with E-state index in [1.807, 2.05) is 6.07 Å². The maximum absolute atomic E-state index is 12.9. The van der Waals surface area contributed by atoms with Gasteiger partial charge in [-0.25, -0.2) is 0 Å². The second kappa shape index (κ2) is 7.35. The largest absolute Gasteiger partial charge is 0.393 e. The molecule has 2 N–H and O–H groups in total. The van der Waals surface area contributed by atoms with Crippen LogP contribution < -0.4 is 0 Å². The van der Waals surface area contributed by atoms with Gasteiger partial charge in [0.05, 0.1) is 17.4 Å². The highest BCUT2D eigenvalue weighted by Crippen LogP contribution is 2.40. The molecule has 0 bridgehead atoms. The number of carbonyl (C=O) groups is 2. The number of ketones is 2. The maximum Gasteiger partial charge on any atom is 0.235 e. The molecule has 0 amide bonds. The minimum Gasteiger partial charge on any atom is -0.393 e. The van der Waals surface area contributed by atoms with Crippen LogP contribution >= 0.6 is 0 Å². The molecular formula is C26H31NO3. The molecule has 2 aliphatic carbocycles. The average Bonchev–Trinajstić information content (AvgIpc) is 3.04. The molecule has 0 fully saturated rings. The lowest BCUT2D eigenvalue weighted by atomic mass is 9.73. The number of hydrogen-bond acceptors (Lipinski definition) is 3. The first-order chi connectivity index (χ1) is 14.1. The molecule has 2 aliphatic rings. The van der Waals surface area contributed by atoms with Crippen molar-refractivity contribution in [2.75, 3.05) is 0 Å². The molecule has 1 unspecified atom stereocenters. The first-order valence-electron chi connectivity index (χ1n) is 10.9. The fourth-order valence-electron chi connectivity index (χ4n) is 5.09. The van der Waals surface area contributed by atoms with E-state index in [4.69, 9.17) is 0 Å². The lowest BCUT2D eigenvalue weighted by Gasteiger charge is -2.32. The first-order valence-corrected chi connectivity index (χ1v) is 10.9. The van der Waals surface area contributed by atoms with Gasteiger partial charge in [-0.2, -0.15) is 0 Å². The predicted molar refractivity (Wildman–Crippen MR) is 121 cm³/mol. The van der Waals surface area contributed by atoms with Gasteiger partial charge in [0, 0.05) is 22.9 Å². The second-order valence-electron chi connectivity index (χ2n) is 9.97. The predicted octanol–water partition coefficient (Wildman–Crippen LogP) is 5.55. The van der Waals surface area contributed by atoms with E-state index < -0.39 is 17.7 Å². The van der Waals surface area contributed by atoms with E-state index in [1.54, 1.807) is 13.8 Å². The van der Waals surface area contributed by atoms with Gasteiger partial charge in [-0.3, -0.25) is 9.59 Å². The van der Waals surface area contributed by atoms with Crippen LogP contribution in [0.5, 0.6) is 0 Å². The number of allylic oxidation sites excluding steroid dienone is 3. The van der Waals surface area contributed by atoms with Gasteiger partial charge in [-0.1, -0.05) is 31.1 Å². The minimum atomic E-state index is -0.587. The number of nitrogens with one attached hydrogen (secondary N) is 1. The van der Waals surface area contributed by atoms with Gasteiger partial charge >= 0.3 is 0 Å². The Kier molecular flexibility index (Phi) is 5.09. The highest BCUT2D eigenvalue weighted by molar-refractivity contribution is 6.54. The van der Waals surface area contributed by atoms with Crippen molar-refractivity contribution in [2.24, 2.45) is 5.41 Å². The third kappa shape index (κ3) is 3.58. The van der Waals surface area contributed by atoms with Gasteiger partial charge in [-0.05, 0) is 75.1 Å². The molecule has 4 rings (SSSR count). The van der Waals surface area contributed by atoms with E-state index in [9.17, 15) is 14.7 Å². The number of carbonyl (C=O) groups excluding carboxylic acids is 2. The Bertz CT molecular complexity index is 1120. The standard InChI is InChI=1S/C26H31NO3/c1-14-13-26(4,5)9-8-18(14)11-17-6-7-21-20(12-17)22-23(27-21)19(10-15(2)28)16(3)24(29)25(22)30/h6-7,12,15,27-28H,8-11,13H2,1-5H3. The molecule has 0 saturated heterocycles. The summed E-state index contributed by atoms with van der Waals surface area (Å²) >= 11 is 0. The topological polar surface area (TPSA) is 70.2 Å². The highest BCUT2D eigenvalue weighted by atomic mass is 16.3. The SMILES string of the molecule is CC1=C(Cc2ccc3[nH]c4c(c3c2)C(=O)C(=O)C(C)=C4CC(C)O)CCC(C)(C)C1. The number of fused-ring (bicyclic) bond motifs is 3. The summed E-state index contributed by atoms with van der Waals surface area (Å²) in [7, 11) is 0. The van der Waals surface area contributed by atoms with Crippen LogP contribution in [0.1, 0.15) is 81.9 Å². The van der Waals surface area contributed by atoms with Crippen molar-refractivity contribution in [2.45, 2.75) is 72.8 Å². The molecule has 1 aromatic carbocycles. The number of aromatic nitrogens is 1. The van der Waals surface area contributed by atoms with Gasteiger partial charge in [0.2, 0.25) is 11.6 Å². The number of hydrogen-bond donors (Lipinski definition) is 2. The van der Waals surface area contributed by atoms with Crippen molar-refractivity contribution in [1.82, 2.24) is 4.98 Å². The van der Waals surface area contributed by atoms with E-state index >= 15 is 0 Å². The molecule has 4 nitrogen and oxygen atoms in total. The molecule has 158 valence electrons. The molecule has 1 aromatic heterocycles. The molecule has 1 atom stereocenters. The molecular weight excluding hydrogens is 374 g/mol. The first kappa shape index (κ1) is 20.8. The van der Waals surface area contributed by atoms with Crippen molar-refractivity contribution < 1.29 is 14.7 Å². The molecule has 4 heteroatoms. The van der Waals surface area contributed by atoms with Crippen LogP contribution in [0.15, 0.2) is 34.9 Å². The average molecular weight is 406 g/mol. The Morgan fingerprint density at radius 3 is 2.57 bits per heavy atom. The summed E-state index contributed by atoms with van der Waals surface area (Å²) in [6, 6.07) is 6.19. The Balaban J connectivity index is 1.77. The summed E-state index contributed by atoms with van der Waals surface area (Å²) < 4.78 is 0. The Morgan fingerprint density at radius 2 is 1.90 bits per heavy atom. The quantitative estimate of drug-likeness (QED) is 0.518. The van der Waals surface area contributed by atoms with Crippen molar-refractivity contribution in [3.63, 3.8) is 0 Å². The van der Waals surface area contributed by atoms with Crippen LogP contribution in [-0.2, 0) is 11.2 Å². The molecule has 0 radical (unpaired) electrons. The Hall–Kier alpha value is -2.46. The lowest BCUT2D eigenvalue weighted by molar-refractivity contribution is -0.111. The van der Waals surface area contributed by atoms with E-state index in [2.05, 4.69) is 37.9 Å². The molecule has 1 heterocycles. The number of aromatic amines is 1. The number of Topliss-reactive ketones (excluding diaryl/α,β-unsaturated/α-hetero) is 2. The van der Waals surface area contributed by atoms with Crippen molar-refractivity contribution in [1.29, 1.82) is 0 Å². The van der Waals surface area contributed by atoms with Crippen LogP contribution in [0.2, 0.25) is 0 Å². The third-order valence-corrected chi connectivity index (χ3v) is 6.76. The molecule has 0 aliphatic heterocycles. The maximum atomic E-state index is 12.9. The lowest BCUT2D eigenvalue weighted by Crippen LogP contribution is -2.23. The monoisotopic (exact) mass is 405 g/mol. The molecule has 0 saturated carbocycles. The molecule has 2 aromatic rings. The van der Waals surface area contributed by atoms with Crippen LogP contribution in [0.25, 0.3) is 16.5 Å².